The van der Waals surface area contributed by atoms with Gasteiger partial charge in [-0.05, 0) is 19.1 Å². The Morgan fingerprint density at radius 2 is 1.83 bits per heavy atom. The van der Waals surface area contributed by atoms with Crippen LogP contribution in [0.25, 0.3) is 22.3 Å². The van der Waals surface area contributed by atoms with E-state index in [0.717, 1.165) is 5.56 Å². The van der Waals surface area contributed by atoms with E-state index in [4.69, 9.17) is 15.6 Å². The van der Waals surface area contributed by atoms with Crippen molar-refractivity contribution in [3.63, 3.8) is 0 Å². The molecule has 114 valence electrons. The number of fused-ring (bicyclic) bond motifs is 1. The fourth-order valence-corrected chi connectivity index (χ4v) is 2.29. The molecule has 23 heavy (non-hydrogen) atoms. The second-order valence-electron chi connectivity index (χ2n) is 5.33. The summed E-state index contributed by atoms with van der Waals surface area (Å²) in [5, 5.41) is 0.496. The molecule has 1 atom stereocenters. The van der Waals surface area contributed by atoms with Crippen LogP contribution in [0.3, 0.4) is 0 Å². The Labute approximate surface area is 134 Å². The first-order valence-corrected chi connectivity index (χ1v) is 7.41. The van der Waals surface area contributed by atoms with Gasteiger partial charge in [0.2, 0.25) is 11.2 Å². The average molecular weight is 304 g/mol. The molecule has 0 saturated carbocycles. The number of benzene rings is 2. The molecular weight excluding hydrogens is 288 g/mol. The van der Waals surface area contributed by atoms with Gasteiger partial charge >= 0.3 is 0 Å². The van der Waals surface area contributed by atoms with Crippen LogP contribution in [-0.2, 0) is 0 Å². The maximum Gasteiger partial charge on any atom is 0.235 e. The van der Waals surface area contributed by atoms with E-state index < -0.39 is 0 Å². The summed E-state index contributed by atoms with van der Waals surface area (Å²) in [4.78, 5) is 12.8. The SMILES string of the molecule is C#CC(C)COc1c(-c2ccccc2)oc2ccccc2c1=O. The second kappa shape index (κ2) is 6.41. The first kappa shape index (κ1) is 14.9. The fourth-order valence-electron chi connectivity index (χ4n) is 2.29. The van der Waals surface area contributed by atoms with Crippen LogP contribution in [0, 0.1) is 18.3 Å². The molecule has 3 rings (SSSR count). The maximum atomic E-state index is 12.8. The molecule has 3 nitrogen and oxygen atoms in total. The van der Waals surface area contributed by atoms with Gasteiger partial charge in [0.05, 0.1) is 11.3 Å². The number of para-hydroxylation sites is 1. The monoisotopic (exact) mass is 304 g/mol. The van der Waals surface area contributed by atoms with Crippen molar-refractivity contribution in [3.8, 4) is 29.4 Å². The molecule has 0 fully saturated rings. The number of hydrogen-bond donors (Lipinski definition) is 0. The first-order valence-electron chi connectivity index (χ1n) is 7.41. The molecule has 0 saturated heterocycles. The van der Waals surface area contributed by atoms with Gasteiger partial charge in [-0.1, -0.05) is 42.5 Å². The minimum absolute atomic E-state index is 0.0931. The van der Waals surface area contributed by atoms with Gasteiger partial charge in [-0.15, -0.1) is 12.3 Å². The lowest BCUT2D eigenvalue weighted by molar-refractivity contribution is 0.282. The molecule has 0 aliphatic carbocycles. The van der Waals surface area contributed by atoms with Gasteiger partial charge in [-0.3, -0.25) is 4.79 Å². The molecule has 0 radical (unpaired) electrons. The van der Waals surface area contributed by atoms with Crippen LogP contribution >= 0.6 is 0 Å². The summed E-state index contributed by atoms with van der Waals surface area (Å²) in [5.74, 6) is 3.14. The largest absolute Gasteiger partial charge is 0.485 e. The third kappa shape index (κ3) is 2.97. The summed E-state index contributed by atoms with van der Waals surface area (Å²) in [6.07, 6.45) is 5.38. The third-order valence-electron chi connectivity index (χ3n) is 3.55. The Balaban J connectivity index is 2.20. The van der Waals surface area contributed by atoms with Crippen LogP contribution in [0.4, 0.5) is 0 Å². The van der Waals surface area contributed by atoms with Gasteiger partial charge in [-0.2, -0.15) is 0 Å². The van der Waals surface area contributed by atoms with Crippen molar-refractivity contribution in [3.05, 3.63) is 64.8 Å². The van der Waals surface area contributed by atoms with Crippen LogP contribution < -0.4 is 10.2 Å². The molecule has 1 aromatic heterocycles. The average Bonchev–Trinajstić information content (AvgIpc) is 2.61. The van der Waals surface area contributed by atoms with Gasteiger partial charge < -0.3 is 9.15 Å². The Kier molecular flexibility index (Phi) is 4.16. The lowest BCUT2D eigenvalue weighted by Crippen LogP contribution is -2.14. The normalized spacial score (nSPS) is 11.8. The molecule has 0 aliphatic rings. The summed E-state index contributed by atoms with van der Waals surface area (Å²) in [6.45, 7) is 2.13. The number of rotatable bonds is 4. The first-order chi connectivity index (χ1) is 11.2. The Morgan fingerprint density at radius 3 is 2.57 bits per heavy atom. The predicted molar refractivity (Wildman–Crippen MR) is 91.4 cm³/mol. The van der Waals surface area contributed by atoms with Gasteiger partial charge in [0.1, 0.15) is 12.2 Å². The van der Waals surface area contributed by atoms with Crippen LogP contribution in [0.15, 0.2) is 63.8 Å². The van der Waals surface area contributed by atoms with Crippen molar-refractivity contribution in [2.75, 3.05) is 6.61 Å². The molecule has 0 spiro atoms. The standard InChI is InChI=1S/C20H16O3/c1-3-14(2)13-22-20-18(21)16-11-7-8-12-17(16)23-19(20)15-9-5-4-6-10-15/h1,4-12,14H,13H2,2H3. The smallest absolute Gasteiger partial charge is 0.235 e. The quantitative estimate of drug-likeness (QED) is 0.681. The molecule has 0 bridgehead atoms. The van der Waals surface area contributed by atoms with Crippen LogP contribution in [0.2, 0.25) is 0 Å². The van der Waals surface area contributed by atoms with Crippen molar-refractivity contribution in [2.24, 2.45) is 5.92 Å². The zero-order valence-electron chi connectivity index (χ0n) is 12.8. The highest BCUT2D eigenvalue weighted by Crippen LogP contribution is 2.30. The van der Waals surface area contributed by atoms with E-state index in [0.29, 0.717) is 16.7 Å². The topological polar surface area (TPSA) is 39.4 Å². The lowest BCUT2D eigenvalue weighted by atomic mass is 10.1. The van der Waals surface area contributed by atoms with Crippen molar-refractivity contribution in [1.29, 1.82) is 0 Å². The number of ether oxygens (including phenoxy) is 1. The predicted octanol–water partition coefficient (Wildman–Crippen LogP) is 4.11. The molecule has 0 aliphatic heterocycles. The summed E-state index contributed by atoms with van der Waals surface area (Å²) in [7, 11) is 0. The highest BCUT2D eigenvalue weighted by Gasteiger charge is 2.17. The van der Waals surface area contributed by atoms with Gasteiger partial charge in [0.25, 0.3) is 0 Å². The van der Waals surface area contributed by atoms with Crippen LogP contribution in [-0.4, -0.2) is 6.61 Å². The Bertz CT molecular complexity index is 917. The summed E-state index contributed by atoms with van der Waals surface area (Å²) < 4.78 is 11.7. The third-order valence-corrected chi connectivity index (χ3v) is 3.55. The minimum Gasteiger partial charge on any atom is -0.485 e. The zero-order chi connectivity index (χ0) is 16.2. The van der Waals surface area contributed by atoms with Gasteiger partial charge in [0.15, 0.2) is 5.76 Å². The van der Waals surface area contributed by atoms with E-state index in [9.17, 15) is 4.79 Å². The molecule has 1 unspecified atom stereocenters. The molecule has 2 aromatic carbocycles. The van der Waals surface area contributed by atoms with E-state index in [-0.39, 0.29) is 23.7 Å². The second-order valence-corrected chi connectivity index (χ2v) is 5.33. The van der Waals surface area contributed by atoms with E-state index in [1.165, 1.54) is 0 Å². The molecule has 3 heteroatoms. The van der Waals surface area contributed by atoms with Crippen LogP contribution in [0.1, 0.15) is 6.92 Å². The number of hydrogen-bond acceptors (Lipinski definition) is 3. The fraction of sp³-hybridized carbons (Fsp3) is 0.150. The van der Waals surface area contributed by atoms with Crippen molar-refractivity contribution in [1.82, 2.24) is 0 Å². The zero-order valence-corrected chi connectivity index (χ0v) is 12.8. The van der Waals surface area contributed by atoms with Gasteiger partial charge in [-0.25, -0.2) is 0 Å². The maximum absolute atomic E-state index is 12.8. The Hall–Kier alpha value is -2.99. The van der Waals surface area contributed by atoms with Crippen molar-refractivity contribution >= 4 is 11.0 Å². The summed E-state index contributed by atoms with van der Waals surface area (Å²) in [5.41, 5.74) is 1.14. The molecule has 1 heterocycles. The van der Waals surface area contributed by atoms with E-state index >= 15 is 0 Å². The van der Waals surface area contributed by atoms with Crippen molar-refractivity contribution in [2.45, 2.75) is 6.92 Å². The van der Waals surface area contributed by atoms with Crippen molar-refractivity contribution < 1.29 is 9.15 Å². The van der Waals surface area contributed by atoms with Crippen LogP contribution in [0.5, 0.6) is 5.75 Å². The highest BCUT2D eigenvalue weighted by molar-refractivity contribution is 5.81. The molecule has 3 aromatic rings. The van der Waals surface area contributed by atoms with E-state index in [1.54, 1.807) is 18.2 Å². The van der Waals surface area contributed by atoms with E-state index in [2.05, 4.69) is 5.92 Å². The Morgan fingerprint density at radius 1 is 1.13 bits per heavy atom. The van der Waals surface area contributed by atoms with E-state index in [1.807, 2.05) is 43.3 Å². The molecule has 0 N–H and O–H groups in total. The lowest BCUT2D eigenvalue weighted by Gasteiger charge is -2.12. The molecule has 0 amide bonds. The summed E-state index contributed by atoms with van der Waals surface area (Å²) in [6, 6.07) is 16.6. The highest BCUT2D eigenvalue weighted by atomic mass is 16.5. The number of terminal acetylenes is 1. The molecular formula is C20H16O3. The minimum atomic E-state index is -0.185. The summed E-state index contributed by atoms with van der Waals surface area (Å²) >= 11 is 0. The van der Waals surface area contributed by atoms with Gasteiger partial charge in [0, 0.05) is 5.56 Å².